The second-order valence-corrected chi connectivity index (χ2v) is 5.14. The zero-order valence-corrected chi connectivity index (χ0v) is 11.5. The quantitative estimate of drug-likeness (QED) is 0.740. The summed E-state index contributed by atoms with van der Waals surface area (Å²) < 4.78 is 4.78. The minimum absolute atomic E-state index is 0.201. The van der Waals surface area contributed by atoms with E-state index in [1.807, 2.05) is 0 Å². The SMILES string of the molecule is NC(=O)Oc1ccc2c(c1)CN(C1CCC(=O)NC1=O)C2=O. The number of hydrogen-bond donors (Lipinski definition) is 2. The van der Waals surface area contributed by atoms with Gasteiger partial charge in [0, 0.05) is 18.5 Å². The van der Waals surface area contributed by atoms with Crippen LogP contribution in [0.2, 0.25) is 0 Å². The van der Waals surface area contributed by atoms with Crippen molar-refractivity contribution in [1.29, 1.82) is 0 Å². The van der Waals surface area contributed by atoms with E-state index in [4.69, 9.17) is 10.5 Å². The summed E-state index contributed by atoms with van der Waals surface area (Å²) >= 11 is 0. The molecule has 2 aliphatic heterocycles. The van der Waals surface area contributed by atoms with Crippen LogP contribution in [0.15, 0.2) is 18.2 Å². The smallest absolute Gasteiger partial charge is 0.409 e. The number of rotatable bonds is 2. The van der Waals surface area contributed by atoms with E-state index < -0.39 is 18.0 Å². The molecule has 0 bridgehead atoms. The molecule has 4 amide bonds. The molecule has 2 heterocycles. The van der Waals surface area contributed by atoms with Crippen molar-refractivity contribution >= 4 is 23.8 Å². The van der Waals surface area contributed by atoms with Gasteiger partial charge in [-0.05, 0) is 30.2 Å². The Labute approximate surface area is 125 Å². The molecule has 2 aliphatic rings. The van der Waals surface area contributed by atoms with E-state index in [9.17, 15) is 19.2 Å². The third-order valence-corrected chi connectivity index (χ3v) is 3.71. The number of nitrogens with two attached hydrogens (primary N) is 1. The molecule has 0 radical (unpaired) electrons. The van der Waals surface area contributed by atoms with Crippen LogP contribution in [-0.4, -0.2) is 34.8 Å². The minimum Gasteiger partial charge on any atom is -0.410 e. The number of hydrogen-bond acceptors (Lipinski definition) is 5. The molecule has 1 unspecified atom stereocenters. The Morgan fingerprint density at radius 3 is 2.77 bits per heavy atom. The van der Waals surface area contributed by atoms with Crippen LogP contribution in [0.3, 0.4) is 0 Å². The van der Waals surface area contributed by atoms with Gasteiger partial charge < -0.3 is 15.4 Å². The first-order valence-corrected chi connectivity index (χ1v) is 6.70. The first kappa shape index (κ1) is 14.1. The van der Waals surface area contributed by atoms with E-state index >= 15 is 0 Å². The summed E-state index contributed by atoms with van der Waals surface area (Å²) in [7, 11) is 0. The number of carbonyl (C=O) groups is 4. The number of nitrogens with zero attached hydrogens (tertiary/aromatic N) is 1. The molecule has 1 aromatic rings. The molecule has 0 spiro atoms. The molecular weight excluding hydrogens is 290 g/mol. The second kappa shape index (κ2) is 5.14. The predicted octanol–water partition coefficient (Wildman–Crippen LogP) is -0.0949. The monoisotopic (exact) mass is 303 g/mol. The Kier molecular flexibility index (Phi) is 3.28. The molecule has 0 aromatic heterocycles. The molecule has 3 rings (SSSR count). The Balaban J connectivity index is 1.83. The maximum absolute atomic E-state index is 12.4. The van der Waals surface area contributed by atoms with Crippen LogP contribution in [0.5, 0.6) is 5.75 Å². The maximum Gasteiger partial charge on any atom is 0.409 e. The van der Waals surface area contributed by atoms with Crippen molar-refractivity contribution in [3.8, 4) is 5.75 Å². The van der Waals surface area contributed by atoms with Crippen LogP contribution in [0, 0.1) is 0 Å². The van der Waals surface area contributed by atoms with Gasteiger partial charge in [-0.25, -0.2) is 4.79 Å². The molecule has 1 aromatic carbocycles. The van der Waals surface area contributed by atoms with Gasteiger partial charge in [-0.2, -0.15) is 0 Å². The van der Waals surface area contributed by atoms with Crippen molar-refractivity contribution in [3.05, 3.63) is 29.3 Å². The summed E-state index contributed by atoms with van der Waals surface area (Å²) in [6.45, 7) is 0.219. The van der Waals surface area contributed by atoms with Gasteiger partial charge in [0.15, 0.2) is 0 Å². The highest BCUT2D eigenvalue weighted by Gasteiger charge is 2.39. The van der Waals surface area contributed by atoms with Gasteiger partial charge in [-0.3, -0.25) is 19.7 Å². The lowest BCUT2D eigenvalue weighted by Gasteiger charge is -2.29. The van der Waals surface area contributed by atoms with Crippen LogP contribution in [0.1, 0.15) is 28.8 Å². The lowest BCUT2D eigenvalue weighted by Crippen LogP contribution is -2.52. The van der Waals surface area contributed by atoms with E-state index in [0.29, 0.717) is 17.5 Å². The molecule has 3 N–H and O–H groups in total. The topological polar surface area (TPSA) is 119 Å². The first-order chi connectivity index (χ1) is 10.5. The number of carbonyl (C=O) groups excluding carboxylic acids is 4. The van der Waals surface area contributed by atoms with Crippen LogP contribution < -0.4 is 15.8 Å². The van der Waals surface area contributed by atoms with Crippen molar-refractivity contribution in [1.82, 2.24) is 10.2 Å². The fourth-order valence-electron chi connectivity index (χ4n) is 2.73. The molecule has 8 heteroatoms. The maximum atomic E-state index is 12.4. The van der Waals surface area contributed by atoms with Gasteiger partial charge in [0.25, 0.3) is 5.91 Å². The van der Waals surface area contributed by atoms with Gasteiger partial charge in [0.05, 0.1) is 0 Å². The van der Waals surface area contributed by atoms with Gasteiger partial charge in [-0.15, -0.1) is 0 Å². The first-order valence-electron chi connectivity index (χ1n) is 6.70. The molecule has 1 fully saturated rings. The number of amides is 4. The van der Waals surface area contributed by atoms with Crippen LogP contribution in [-0.2, 0) is 16.1 Å². The molecule has 1 atom stereocenters. The van der Waals surface area contributed by atoms with E-state index in [-0.39, 0.29) is 30.5 Å². The van der Waals surface area contributed by atoms with Crippen molar-refractivity contribution in [2.75, 3.05) is 0 Å². The highest BCUT2D eigenvalue weighted by atomic mass is 16.5. The summed E-state index contributed by atoms with van der Waals surface area (Å²) in [4.78, 5) is 47.6. The normalized spacial score (nSPS) is 20.6. The van der Waals surface area contributed by atoms with Crippen molar-refractivity contribution < 1.29 is 23.9 Å². The standard InChI is InChI=1S/C14H13N3O5/c15-14(21)22-8-1-2-9-7(5-8)6-17(13(9)20)10-3-4-11(18)16-12(10)19/h1-2,5,10H,3-4,6H2,(H2,15,21)(H,16,18,19). The highest BCUT2D eigenvalue weighted by molar-refractivity contribution is 6.05. The number of fused-ring (bicyclic) bond motifs is 1. The Hall–Kier alpha value is -2.90. The number of primary amides is 1. The van der Waals surface area contributed by atoms with Gasteiger partial charge >= 0.3 is 6.09 Å². The molecule has 0 aliphatic carbocycles. The molecule has 114 valence electrons. The molecule has 1 saturated heterocycles. The number of ether oxygens (including phenoxy) is 1. The summed E-state index contributed by atoms with van der Waals surface area (Å²) in [5.74, 6) is -0.840. The number of imide groups is 1. The summed E-state index contributed by atoms with van der Waals surface area (Å²) in [6, 6.07) is 3.87. The van der Waals surface area contributed by atoms with E-state index in [0.717, 1.165) is 0 Å². The fraction of sp³-hybridized carbons (Fsp3) is 0.286. The summed E-state index contributed by atoms with van der Waals surface area (Å²) in [5.41, 5.74) is 6.04. The second-order valence-electron chi connectivity index (χ2n) is 5.14. The van der Waals surface area contributed by atoms with Crippen LogP contribution in [0.4, 0.5) is 4.79 Å². The zero-order valence-electron chi connectivity index (χ0n) is 11.5. The van der Waals surface area contributed by atoms with E-state index in [2.05, 4.69) is 5.32 Å². The lowest BCUT2D eigenvalue weighted by molar-refractivity contribution is -0.136. The third kappa shape index (κ3) is 2.39. The van der Waals surface area contributed by atoms with Gasteiger partial charge in [0.1, 0.15) is 11.8 Å². The van der Waals surface area contributed by atoms with Crippen molar-refractivity contribution in [2.45, 2.75) is 25.4 Å². The zero-order chi connectivity index (χ0) is 15.9. The van der Waals surface area contributed by atoms with E-state index in [1.165, 1.54) is 17.0 Å². The largest absolute Gasteiger partial charge is 0.410 e. The van der Waals surface area contributed by atoms with Gasteiger partial charge in [-0.1, -0.05) is 0 Å². The van der Waals surface area contributed by atoms with Gasteiger partial charge in [0.2, 0.25) is 11.8 Å². The summed E-state index contributed by atoms with van der Waals surface area (Å²) in [6.07, 6.45) is -0.437. The predicted molar refractivity (Wildman–Crippen MR) is 72.7 cm³/mol. The Morgan fingerprint density at radius 2 is 2.09 bits per heavy atom. The number of benzene rings is 1. The van der Waals surface area contributed by atoms with Crippen LogP contribution >= 0.6 is 0 Å². The average Bonchev–Trinajstić information content (AvgIpc) is 2.75. The third-order valence-electron chi connectivity index (χ3n) is 3.71. The molecule has 0 saturated carbocycles. The Morgan fingerprint density at radius 1 is 1.32 bits per heavy atom. The molecular formula is C14H13N3O5. The van der Waals surface area contributed by atoms with Crippen molar-refractivity contribution in [3.63, 3.8) is 0 Å². The fourth-order valence-corrected chi connectivity index (χ4v) is 2.73. The number of piperidine rings is 1. The molecule has 22 heavy (non-hydrogen) atoms. The lowest BCUT2D eigenvalue weighted by atomic mass is 10.0. The minimum atomic E-state index is -0.939. The van der Waals surface area contributed by atoms with Crippen molar-refractivity contribution in [2.24, 2.45) is 5.73 Å². The van der Waals surface area contributed by atoms with Crippen LogP contribution in [0.25, 0.3) is 0 Å². The Bertz CT molecular complexity index is 700. The number of nitrogens with one attached hydrogen (secondary N) is 1. The van der Waals surface area contributed by atoms with E-state index in [1.54, 1.807) is 6.07 Å². The summed E-state index contributed by atoms with van der Waals surface area (Å²) in [5, 5.41) is 2.23. The highest BCUT2D eigenvalue weighted by Crippen LogP contribution is 2.30. The average molecular weight is 303 g/mol. The molecule has 8 nitrogen and oxygen atoms in total.